The Hall–Kier alpha value is -2.01. The Morgan fingerprint density at radius 1 is 1.40 bits per heavy atom. The fraction of sp³-hybridized carbons (Fsp3) is 0.400. The van der Waals surface area contributed by atoms with Crippen molar-refractivity contribution in [2.75, 3.05) is 19.0 Å². The zero-order chi connectivity index (χ0) is 14.5. The predicted octanol–water partition coefficient (Wildman–Crippen LogP) is 2.08. The van der Waals surface area contributed by atoms with E-state index in [9.17, 15) is 4.79 Å². The molecule has 20 heavy (non-hydrogen) atoms. The second-order valence-electron chi connectivity index (χ2n) is 4.94. The first-order chi connectivity index (χ1) is 9.63. The molecule has 0 aliphatic heterocycles. The van der Waals surface area contributed by atoms with Gasteiger partial charge in [-0.2, -0.15) is 0 Å². The van der Waals surface area contributed by atoms with Gasteiger partial charge in [-0.25, -0.2) is 0 Å². The van der Waals surface area contributed by atoms with Gasteiger partial charge in [-0.3, -0.25) is 4.79 Å². The Bertz CT molecular complexity index is 637. The summed E-state index contributed by atoms with van der Waals surface area (Å²) in [5.41, 5.74) is 7.10. The zero-order valence-electron chi connectivity index (χ0n) is 11.9. The van der Waals surface area contributed by atoms with Crippen LogP contribution in [0.3, 0.4) is 0 Å². The minimum Gasteiger partial charge on any atom is -0.497 e. The van der Waals surface area contributed by atoms with Crippen molar-refractivity contribution in [2.24, 2.45) is 5.73 Å². The monoisotopic (exact) mass is 275 g/mol. The minimum atomic E-state index is -0.111. The van der Waals surface area contributed by atoms with Gasteiger partial charge in [-0.15, -0.1) is 0 Å². The van der Waals surface area contributed by atoms with Crippen molar-refractivity contribution in [3.63, 3.8) is 0 Å². The van der Waals surface area contributed by atoms with E-state index in [2.05, 4.69) is 17.2 Å². The molecule has 5 nitrogen and oxygen atoms in total. The summed E-state index contributed by atoms with van der Waals surface area (Å²) >= 11 is 0. The molecule has 2 aromatic rings. The molecule has 4 N–H and O–H groups in total. The van der Waals surface area contributed by atoms with E-state index in [1.165, 1.54) is 6.07 Å². The first-order valence-corrected chi connectivity index (χ1v) is 6.81. The number of nitrogens with one attached hydrogen (secondary N) is 2. The maximum absolute atomic E-state index is 11.5. The molecule has 0 amide bonds. The van der Waals surface area contributed by atoms with Crippen LogP contribution in [-0.2, 0) is 0 Å². The van der Waals surface area contributed by atoms with Gasteiger partial charge in [0, 0.05) is 23.6 Å². The number of aromatic nitrogens is 1. The number of H-pyrrole nitrogens is 1. The molecule has 5 heteroatoms. The normalized spacial score (nSPS) is 12.3. The van der Waals surface area contributed by atoms with E-state index in [1.807, 2.05) is 12.1 Å². The third kappa shape index (κ3) is 3.30. The quantitative estimate of drug-likeness (QED) is 0.754. The Morgan fingerprint density at radius 3 is 2.90 bits per heavy atom. The number of ether oxygens (including phenoxy) is 1. The van der Waals surface area contributed by atoms with Gasteiger partial charge in [-0.05, 0) is 38.4 Å². The first-order valence-electron chi connectivity index (χ1n) is 6.81. The number of pyridine rings is 1. The second-order valence-corrected chi connectivity index (χ2v) is 4.94. The van der Waals surface area contributed by atoms with E-state index in [0.29, 0.717) is 6.54 Å². The molecule has 0 saturated heterocycles. The van der Waals surface area contributed by atoms with Crippen LogP contribution in [0.15, 0.2) is 29.1 Å². The molecule has 1 atom stereocenters. The highest BCUT2D eigenvalue weighted by molar-refractivity contribution is 5.91. The topological polar surface area (TPSA) is 80.1 Å². The van der Waals surface area contributed by atoms with Crippen LogP contribution >= 0.6 is 0 Å². The van der Waals surface area contributed by atoms with Gasteiger partial charge in [0.15, 0.2) is 0 Å². The van der Waals surface area contributed by atoms with Crippen LogP contribution < -0.4 is 21.3 Å². The highest BCUT2D eigenvalue weighted by Gasteiger charge is 2.08. The van der Waals surface area contributed by atoms with Crippen LogP contribution in [0, 0.1) is 0 Å². The largest absolute Gasteiger partial charge is 0.497 e. The number of benzene rings is 1. The molecule has 1 unspecified atom stereocenters. The number of aromatic amines is 1. The Labute approximate surface area is 118 Å². The van der Waals surface area contributed by atoms with Crippen molar-refractivity contribution in [2.45, 2.75) is 25.8 Å². The third-order valence-corrected chi connectivity index (χ3v) is 3.28. The van der Waals surface area contributed by atoms with E-state index in [0.717, 1.165) is 35.2 Å². The van der Waals surface area contributed by atoms with Gasteiger partial charge in [0.2, 0.25) is 5.56 Å². The number of hydrogen-bond donors (Lipinski definition) is 3. The van der Waals surface area contributed by atoms with Gasteiger partial charge in [0.1, 0.15) is 5.75 Å². The van der Waals surface area contributed by atoms with Crippen LogP contribution in [0.5, 0.6) is 5.75 Å². The molecule has 0 aliphatic rings. The van der Waals surface area contributed by atoms with Crippen molar-refractivity contribution < 1.29 is 4.74 Å². The molecule has 108 valence electrons. The Kier molecular flexibility index (Phi) is 4.63. The summed E-state index contributed by atoms with van der Waals surface area (Å²) in [5, 5.41) is 4.36. The van der Waals surface area contributed by atoms with E-state index < -0.39 is 0 Å². The maximum atomic E-state index is 11.5. The second kappa shape index (κ2) is 6.43. The standard InChI is InChI=1S/C15H21N3O2/c1-10(4-3-7-16)17-13-9-12(20-2)8-11-5-6-14(19)18-15(11)13/h5-6,8-10,17H,3-4,7,16H2,1-2H3,(H,18,19). The van der Waals surface area contributed by atoms with Gasteiger partial charge >= 0.3 is 0 Å². The van der Waals surface area contributed by atoms with E-state index in [4.69, 9.17) is 10.5 Å². The van der Waals surface area contributed by atoms with Gasteiger partial charge in [-0.1, -0.05) is 0 Å². The number of hydrogen-bond acceptors (Lipinski definition) is 4. The van der Waals surface area contributed by atoms with E-state index in [1.54, 1.807) is 13.2 Å². The molecule has 1 heterocycles. The summed E-state index contributed by atoms with van der Waals surface area (Å²) in [6, 6.07) is 7.39. The maximum Gasteiger partial charge on any atom is 0.248 e. The summed E-state index contributed by atoms with van der Waals surface area (Å²) in [4.78, 5) is 14.4. The lowest BCUT2D eigenvalue weighted by Gasteiger charge is -2.17. The number of anilines is 1. The lowest BCUT2D eigenvalue weighted by atomic mass is 10.1. The molecule has 1 aromatic carbocycles. The Morgan fingerprint density at radius 2 is 2.20 bits per heavy atom. The molecule has 1 aromatic heterocycles. The van der Waals surface area contributed by atoms with Crippen LogP contribution in [0.25, 0.3) is 10.9 Å². The van der Waals surface area contributed by atoms with Gasteiger partial charge < -0.3 is 20.8 Å². The Balaban J connectivity index is 2.38. The summed E-state index contributed by atoms with van der Waals surface area (Å²) in [5.74, 6) is 0.762. The third-order valence-electron chi connectivity index (χ3n) is 3.28. The summed E-state index contributed by atoms with van der Waals surface area (Å²) in [7, 11) is 1.63. The fourth-order valence-corrected chi connectivity index (χ4v) is 2.23. The van der Waals surface area contributed by atoms with Crippen molar-refractivity contribution >= 4 is 16.6 Å². The zero-order valence-corrected chi connectivity index (χ0v) is 11.9. The summed E-state index contributed by atoms with van der Waals surface area (Å²) < 4.78 is 5.30. The van der Waals surface area contributed by atoms with Crippen molar-refractivity contribution in [3.05, 3.63) is 34.6 Å². The molecule has 2 rings (SSSR count). The van der Waals surface area contributed by atoms with Gasteiger partial charge in [0.05, 0.1) is 18.3 Å². The molecule has 0 bridgehead atoms. The van der Waals surface area contributed by atoms with Crippen LogP contribution in [-0.4, -0.2) is 24.7 Å². The molecule has 0 radical (unpaired) electrons. The molecule has 0 saturated carbocycles. The molecular weight excluding hydrogens is 254 g/mol. The summed E-state index contributed by atoms with van der Waals surface area (Å²) in [6.45, 7) is 2.78. The van der Waals surface area contributed by atoms with E-state index >= 15 is 0 Å². The molecule has 0 fully saturated rings. The average Bonchev–Trinajstić information content (AvgIpc) is 2.45. The minimum absolute atomic E-state index is 0.111. The molecule has 0 spiro atoms. The average molecular weight is 275 g/mol. The SMILES string of the molecule is COc1cc(NC(C)CCCN)c2[nH]c(=O)ccc2c1. The van der Waals surface area contributed by atoms with Crippen molar-refractivity contribution in [1.29, 1.82) is 0 Å². The highest BCUT2D eigenvalue weighted by atomic mass is 16.5. The molecule has 0 aliphatic carbocycles. The van der Waals surface area contributed by atoms with Crippen LogP contribution in [0.4, 0.5) is 5.69 Å². The number of fused-ring (bicyclic) bond motifs is 1. The lowest BCUT2D eigenvalue weighted by Crippen LogP contribution is -2.17. The number of rotatable bonds is 6. The van der Waals surface area contributed by atoms with Crippen molar-refractivity contribution in [1.82, 2.24) is 4.98 Å². The molecular formula is C15H21N3O2. The van der Waals surface area contributed by atoms with Crippen LogP contribution in [0.2, 0.25) is 0 Å². The smallest absolute Gasteiger partial charge is 0.248 e. The fourth-order valence-electron chi connectivity index (χ4n) is 2.23. The van der Waals surface area contributed by atoms with Gasteiger partial charge in [0.25, 0.3) is 0 Å². The summed E-state index contributed by atoms with van der Waals surface area (Å²) in [6.07, 6.45) is 1.94. The van der Waals surface area contributed by atoms with Crippen LogP contribution in [0.1, 0.15) is 19.8 Å². The first kappa shape index (κ1) is 14.4. The predicted molar refractivity (Wildman–Crippen MR) is 82.5 cm³/mol. The number of methoxy groups -OCH3 is 1. The highest BCUT2D eigenvalue weighted by Crippen LogP contribution is 2.27. The van der Waals surface area contributed by atoms with Crippen molar-refractivity contribution in [3.8, 4) is 5.75 Å². The lowest BCUT2D eigenvalue weighted by molar-refractivity contribution is 0.415. The number of nitrogens with two attached hydrogens (primary N) is 1. The van der Waals surface area contributed by atoms with E-state index in [-0.39, 0.29) is 11.6 Å².